The largest absolute Gasteiger partial charge is 0.386 e. The lowest BCUT2D eigenvalue weighted by molar-refractivity contribution is 0.191. The van der Waals surface area contributed by atoms with Gasteiger partial charge in [-0.2, -0.15) is 5.10 Å². The maximum Gasteiger partial charge on any atom is 0.145 e. The molecule has 2 N–H and O–H groups in total. The highest BCUT2D eigenvalue weighted by molar-refractivity contribution is 7.98. The van der Waals surface area contributed by atoms with E-state index in [2.05, 4.69) is 32.5 Å². The first-order valence-corrected chi connectivity index (χ1v) is 8.58. The second kappa shape index (κ2) is 7.94. The smallest absolute Gasteiger partial charge is 0.145 e. The minimum atomic E-state index is -0.638. The minimum Gasteiger partial charge on any atom is -0.386 e. The van der Waals surface area contributed by atoms with Crippen LogP contribution in [-0.4, -0.2) is 31.4 Å². The number of aliphatic hydroxyl groups is 1. The fourth-order valence-corrected chi connectivity index (χ4v) is 2.97. The number of aliphatic hydroxyl groups excluding tert-OH is 1. The van der Waals surface area contributed by atoms with Crippen LogP contribution in [0.25, 0.3) is 0 Å². The second-order valence-electron chi connectivity index (χ2n) is 5.36. The number of aryl methyl sites for hydroxylation is 1. The van der Waals surface area contributed by atoms with Gasteiger partial charge in [0.15, 0.2) is 0 Å². The number of anilines is 1. The van der Waals surface area contributed by atoms with Crippen molar-refractivity contribution in [2.24, 2.45) is 7.05 Å². The molecule has 3 aromatic rings. The first-order chi connectivity index (χ1) is 11.7. The van der Waals surface area contributed by atoms with Gasteiger partial charge >= 0.3 is 0 Å². The van der Waals surface area contributed by atoms with E-state index in [1.807, 2.05) is 25.2 Å². The van der Waals surface area contributed by atoms with Crippen LogP contribution < -0.4 is 5.32 Å². The number of nitrogens with zero attached hydrogens (tertiary/aromatic N) is 4. The molecule has 0 aliphatic heterocycles. The summed E-state index contributed by atoms with van der Waals surface area (Å²) in [6.07, 6.45) is 6.22. The highest BCUT2D eigenvalue weighted by Gasteiger charge is 2.10. The average molecular weight is 341 g/mol. The number of rotatable bonds is 7. The molecular formula is C17H19N5OS. The van der Waals surface area contributed by atoms with Gasteiger partial charge in [-0.1, -0.05) is 30.3 Å². The molecule has 2 heterocycles. The summed E-state index contributed by atoms with van der Waals surface area (Å²) in [5.74, 6) is 1.49. The SMILES string of the molecule is Cn1cc(C(O)CNc2cncc(SCc3ccccc3)n2)cn1. The van der Waals surface area contributed by atoms with Crippen LogP contribution in [0.4, 0.5) is 5.82 Å². The zero-order chi connectivity index (χ0) is 16.8. The van der Waals surface area contributed by atoms with Gasteiger partial charge in [-0.15, -0.1) is 11.8 Å². The number of benzene rings is 1. The van der Waals surface area contributed by atoms with Gasteiger partial charge in [0.05, 0.1) is 24.7 Å². The van der Waals surface area contributed by atoms with E-state index < -0.39 is 6.10 Å². The number of thioether (sulfide) groups is 1. The molecule has 1 unspecified atom stereocenters. The fraction of sp³-hybridized carbons (Fsp3) is 0.235. The lowest BCUT2D eigenvalue weighted by atomic mass is 10.2. The predicted molar refractivity (Wildman–Crippen MR) is 94.7 cm³/mol. The van der Waals surface area contributed by atoms with Crippen LogP contribution in [0.1, 0.15) is 17.2 Å². The topological polar surface area (TPSA) is 75.9 Å². The van der Waals surface area contributed by atoms with Crippen LogP contribution in [0.5, 0.6) is 0 Å². The molecule has 1 aromatic carbocycles. The van der Waals surface area contributed by atoms with E-state index in [4.69, 9.17) is 0 Å². The van der Waals surface area contributed by atoms with E-state index in [1.54, 1.807) is 41.2 Å². The van der Waals surface area contributed by atoms with E-state index in [0.717, 1.165) is 16.3 Å². The van der Waals surface area contributed by atoms with Crippen LogP contribution in [0.3, 0.4) is 0 Å². The van der Waals surface area contributed by atoms with Gasteiger partial charge in [-0.25, -0.2) is 4.98 Å². The summed E-state index contributed by atoms with van der Waals surface area (Å²) >= 11 is 1.63. The van der Waals surface area contributed by atoms with Crippen LogP contribution in [0, 0.1) is 0 Å². The third-order valence-corrected chi connectivity index (χ3v) is 4.40. The van der Waals surface area contributed by atoms with Crippen molar-refractivity contribution in [3.05, 3.63) is 66.2 Å². The van der Waals surface area contributed by atoms with E-state index in [-0.39, 0.29) is 0 Å². The highest BCUT2D eigenvalue weighted by atomic mass is 32.2. The van der Waals surface area contributed by atoms with Crippen LogP contribution in [0.15, 0.2) is 60.1 Å². The first-order valence-electron chi connectivity index (χ1n) is 7.60. The Balaban J connectivity index is 1.55. The van der Waals surface area contributed by atoms with Crippen molar-refractivity contribution in [2.45, 2.75) is 16.9 Å². The minimum absolute atomic E-state index is 0.354. The van der Waals surface area contributed by atoms with E-state index >= 15 is 0 Å². The molecule has 0 aliphatic rings. The molecule has 24 heavy (non-hydrogen) atoms. The van der Waals surface area contributed by atoms with Gasteiger partial charge in [-0.05, 0) is 5.56 Å². The quantitative estimate of drug-likeness (QED) is 0.644. The highest BCUT2D eigenvalue weighted by Crippen LogP contribution is 2.21. The van der Waals surface area contributed by atoms with Gasteiger partial charge in [-0.3, -0.25) is 9.67 Å². The maximum absolute atomic E-state index is 10.1. The Morgan fingerprint density at radius 2 is 2.04 bits per heavy atom. The number of aromatic nitrogens is 4. The Kier molecular flexibility index (Phi) is 5.45. The summed E-state index contributed by atoms with van der Waals surface area (Å²) in [6, 6.07) is 10.2. The predicted octanol–water partition coefficient (Wildman–Crippen LogP) is 2.65. The van der Waals surface area contributed by atoms with Crippen LogP contribution >= 0.6 is 11.8 Å². The van der Waals surface area contributed by atoms with E-state index in [9.17, 15) is 5.11 Å². The molecule has 6 nitrogen and oxygen atoms in total. The number of hydrogen-bond donors (Lipinski definition) is 2. The van der Waals surface area contributed by atoms with Crippen molar-refractivity contribution in [2.75, 3.05) is 11.9 Å². The second-order valence-corrected chi connectivity index (χ2v) is 6.36. The van der Waals surface area contributed by atoms with Crippen molar-refractivity contribution < 1.29 is 5.11 Å². The molecule has 124 valence electrons. The molecule has 0 bridgehead atoms. The molecule has 0 saturated heterocycles. The molecule has 0 saturated carbocycles. The fourth-order valence-electron chi connectivity index (χ4n) is 2.17. The van der Waals surface area contributed by atoms with E-state index in [0.29, 0.717) is 12.4 Å². The zero-order valence-corrected chi connectivity index (χ0v) is 14.1. The Hall–Kier alpha value is -2.38. The summed E-state index contributed by atoms with van der Waals surface area (Å²) in [4.78, 5) is 8.72. The molecule has 2 aromatic heterocycles. The number of nitrogens with one attached hydrogen (secondary N) is 1. The third-order valence-electron chi connectivity index (χ3n) is 3.43. The van der Waals surface area contributed by atoms with Gasteiger partial charge in [0, 0.05) is 31.1 Å². The lowest BCUT2D eigenvalue weighted by Gasteiger charge is -2.11. The lowest BCUT2D eigenvalue weighted by Crippen LogP contribution is -2.12. The molecule has 3 rings (SSSR count). The Bertz CT molecular complexity index is 777. The monoisotopic (exact) mass is 341 g/mol. The maximum atomic E-state index is 10.1. The third kappa shape index (κ3) is 4.56. The summed E-state index contributed by atoms with van der Waals surface area (Å²) in [5, 5.41) is 18.2. The molecule has 0 amide bonds. The van der Waals surface area contributed by atoms with E-state index in [1.165, 1.54) is 5.56 Å². The van der Waals surface area contributed by atoms with Crippen LogP contribution in [0.2, 0.25) is 0 Å². The molecule has 0 radical (unpaired) electrons. The molecule has 7 heteroatoms. The van der Waals surface area contributed by atoms with Crippen LogP contribution in [-0.2, 0) is 12.8 Å². The average Bonchev–Trinajstić information content (AvgIpc) is 3.06. The van der Waals surface area contributed by atoms with Crippen molar-refractivity contribution in [3.8, 4) is 0 Å². The summed E-state index contributed by atoms with van der Waals surface area (Å²) in [5.41, 5.74) is 2.02. The van der Waals surface area contributed by atoms with Crippen molar-refractivity contribution in [1.29, 1.82) is 0 Å². The van der Waals surface area contributed by atoms with Crippen molar-refractivity contribution >= 4 is 17.6 Å². The molecule has 0 fully saturated rings. The molecule has 0 spiro atoms. The molecule has 1 atom stereocenters. The Morgan fingerprint density at radius 1 is 1.21 bits per heavy atom. The summed E-state index contributed by atoms with van der Waals surface area (Å²) in [7, 11) is 1.82. The molecule has 0 aliphatic carbocycles. The standard InChI is InChI=1S/C17H19N5OS/c1-22-11-14(7-20-22)15(23)8-19-16-9-18-10-17(21-16)24-12-13-5-3-2-4-6-13/h2-7,9-11,15,23H,8,12H2,1H3,(H,19,21). The van der Waals surface area contributed by atoms with Gasteiger partial charge in [0.2, 0.25) is 0 Å². The van der Waals surface area contributed by atoms with Gasteiger partial charge in [0.1, 0.15) is 10.8 Å². The Morgan fingerprint density at radius 3 is 2.79 bits per heavy atom. The van der Waals surface area contributed by atoms with Gasteiger partial charge in [0.25, 0.3) is 0 Å². The summed E-state index contributed by atoms with van der Waals surface area (Å²) < 4.78 is 1.67. The zero-order valence-electron chi connectivity index (χ0n) is 13.3. The van der Waals surface area contributed by atoms with Crippen molar-refractivity contribution in [3.63, 3.8) is 0 Å². The normalized spacial score (nSPS) is 12.1. The van der Waals surface area contributed by atoms with Gasteiger partial charge < -0.3 is 10.4 Å². The number of hydrogen-bond acceptors (Lipinski definition) is 6. The summed E-state index contributed by atoms with van der Waals surface area (Å²) in [6.45, 7) is 0.354. The van der Waals surface area contributed by atoms with Crippen molar-refractivity contribution in [1.82, 2.24) is 19.7 Å². The molecular weight excluding hydrogens is 322 g/mol. The Labute approximate surface area is 145 Å². The first kappa shape index (κ1) is 16.5.